The van der Waals surface area contributed by atoms with Gasteiger partial charge in [-0.3, -0.25) is 9.79 Å². The van der Waals surface area contributed by atoms with Gasteiger partial charge >= 0.3 is 0 Å². The average Bonchev–Trinajstić information content (AvgIpc) is 2.75. The Morgan fingerprint density at radius 1 is 1.55 bits per heavy atom. The lowest BCUT2D eigenvalue weighted by atomic mass is 9.87. The summed E-state index contributed by atoms with van der Waals surface area (Å²) in [4.78, 5) is 16.0. The van der Waals surface area contributed by atoms with Crippen LogP contribution in [0.25, 0.3) is 6.08 Å². The van der Waals surface area contributed by atoms with Crippen molar-refractivity contribution in [3.63, 3.8) is 0 Å². The first-order chi connectivity index (χ1) is 10.7. The van der Waals surface area contributed by atoms with E-state index in [4.69, 9.17) is 0 Å². The number of nitrogens with zero attached hydrogens (tertiary/aromatic N) is 2. The van der Waals surface area contributed by atoms with Crippen LogP contribution in [-0.2, 0) is 6.42 Å². The van der Waals surface area contributed by atoms with Crippen molar-refractivity contribution in [2.24, 2.45) is 4.99 Å². The molecule has 2 aliphatic rings. The van der Waals surface area contributed by atoms with Gasteiger partial charge in [0.1, 0.15) is 0 Å². The van der Waals surface area contributed by atoms with E-state index in [0.717, 1.165) is 41.7 Å². The SMILES string of the molecule is C=CC(=CC=NC)C1Cc2n[nH]c(=O)c3c2C(CCC=C3)N1. The summed E-state index contributed by atoms with van der Waals surface area (Å²) in [6.07, 6.45) is 12.2. The Morgan fingerprint density at radius 3 is 3.18 bits per heavy atom. The Hall–Kier alpha value is -2.27. The summed E-state index contributed by atoms with van der Waals surface area (Å²) < 4.78 is 0. The van der Waals surface area contributed by atoms with E-state index in [-0.39, 0.29) is 17.6 Å². The number of rotatable bonds is 3. The molecular formula is C17H20N4O. The van der Waals surface area contributed by atoms with Crippen LogP contribution in [0.4, 0.5) is 0 Å². The third-order valence-corrected chi connectivity index (χ3v) is 4.25. The highest BCUT2D eigenvalue weighted by Gasteiger charge is 2.31. The van der Waals surface area contributed by atoms with Crippen LogP contribution in [-0.4, -0.2) is 29.5 Å². The fourth-order valence-electron chi connectivity index (χ4n) is 3.20. The summed E-state index contributed by atoms with van der Waals surface area (Å²) in [6.45, 7) is 3.90. The first-order valence-electron chi connectivity index (χ1n) is 7.53. The smallest absolute Gasteiger partial charge is 0.271 e. The summed E-state index contributed by atoms with van der Waals surface area (Å²) in [5, 5.41) is 10.6. The van der Waals surface area contributed by atoms with Gasteiger partial charge in [-0.2, -0.15) is 5.10 Å². The summed E-state index contributed by atoms with van der Waals surface area (Å²) >= 11 is 0. The van der Waals surface area contributed by atoms with E-state index in [9.17, 15) is 4.79 Å². The van der Waals surface area contributed by atoms with Crippen molar-refractivity contribution in [3.05, 3.63) is 57.6 Å². The van der Waals surface area contributed by atoms with Crippen molar-refractivity contribution in [1.29, 1.82) is 0 Å². The quantitative estimate of drug-likeness (QED) is 0.661. The van der Waals surface area contributed by atoms with Crippen LogP contribution < -0.4 is 10.9 Å². The number of aliphatic imine (C=N–C) groups is 1. The number of aromatic amines is 1. The van der Waals surface area contributed by atoms with Gasteiger partial charge in [0.15, 0.2) is 0 Å². The summed E-state index contributed by atoms with van der Waals surface area (Å²) in [6, 6.07) is 0.285. The van der Waals surface area contributed by atoms with Crippen molar-refractivity contribution < 1.29 is 0 Å². The minimum atomic E-state index is -0.111. The van der Waals surface area contributed by atoms with Gasteiger partial charge in [-0.15, -0.1) is 0 Å². The first-order valence-corrected chi connectivity index (χ1v) is 7.53. The monoisotopic (exact) mass is 296 g/mol. The van der Waals surface area contributed by atoms with Crippen LogP contribution in [0.1, 0.15) is 35.7 Å². The molecule has 0 saturated heterocycles. The van der Waals surface area contributed by atoms with Gasteiger partial charge in [0.05, 0.1) is 5.69 Å². The second-order valence-corrected chi connectivity index (χ2v) is 5.56. The highest BCUT2D eigenvalue weighted by Crippen LogP contribution is 2.33. The highest BCUT2D eigenvalue weighted by atomic mass is 16.1. The predicted octanol–water partition coefficient (Wildman–Crippen LogP) is 1.95. The molecule has 0 saturated carbocycles. The van der Waals surface area contributed by atoms with E-state index >= 15 is 0 Å². The molecule has 2 heterocycles. The maximum atomic E-state index is 12.0. The number of allylic oxidation sites excluding steroid dienone is 2. The number of hydrogen-bond acceptors (Lipinski definition) is 4. The van der Waals surface area contributed by atoms with E-state index in [2.05, 4.69) is 33.2 Å². The van der Waals surface area contributed by atoms with Crippen molar-refractivity contribution in [3.8, 4) is 0 Å². The number of nitrogens with one attached hydrogen (secondary N) is 2. The van der Waals surface area contributed by atoms with Gasteiger partial charge in [0.2, 0.25) is 0 Å². The summed E-state index contributed by atoms with van der Waals surface area (Å²) in [5.74, 6) is 0. The second kappa shape index (κ2) is 6.23. The third kappa shape index (κ3) is 2.60. The Bertz CT molecular complexity index is 727. The Morgan fingerprint density at radius 2 is 2.41 bits per heavy atom. The zero-order valence-electron chi connectivity index (χ0n) is 12.7. The summed E-state index contributed by atoms with van der Waals surface area (Å²) in [5.41, 5.74) is 3.75. The van der Waals surface area contributed by atoms with E-state index in [1.54, 1.807) is 13.3 Å². The molecule has 0 fully saturated rings. The topological polar surface area (TPSA) is 70.1 Å². The Balaban J connectivity index is 2.04. The van der Waals surface area contributed by atoms with Gasteiger partial charge < -0.3 is 5.32 Å². The number of hydrogen-bond donors (Lipinski definition) is 2. The zero-order valence-corrected chi connectivity index (χ0v) is 12.7. The van der Waals surface area contributed by atoms with Crippen LogP contribution in [0.15, 0.2) is 40.2 Å². The van der Waals surface area contributed by atoms with Gasteiger partial charge in [0, 0.05) is 42.9 Å². The molecule has 5 heteroatoms. The Labute approximate surface area is 129 Å². The summed E-state index contributed by atoms with van der Waals surface area (Å²) in [7, 11) is 1.75. The lowest BCUT2D eigenvalue weighted by Gasteiger charge is -2.33. The van der Waals surface area contributed by atoms with E-state index in [1.807, 2.05) is 18.2 Å². The molecule has 0 spiro atoms. The number of H-pyrrole nitrogens is 1. The molecule has 1 aromatic rings. The molecule has 114 valence electrons. The lowest BCUT2D eigenvalue weighted by Crippen LogP contribution is -2.42. The van der Waals surface area contributed by atoms with Gasteiger partial charge in [-0.25, -0.2) is 5.10 Å². The van der Waals surface area contributed by atoms with Gasteiger partial charge in [-0.05, 0) is 24.5 Å². The van der Waals surface area contributed by atoms with Crippen molar-refractivity contribution in [2.45, 2.75) is 31.3 Å². The largest absolute Gasteiger partial charge is 0.303 e. The molecule has 2 atom stereocenters. The lowest BCUT2D eigenvalue weighted by molar-refractivity contribution is 0.414. The molecule has 2 unspecified atom stereocenters. The Kier molecular flexibility index (Phi) is 4.15. The predicted molar refractivity (Wildman–Crippen MR) is 89.2 cm³/mol. The van der Waals surface area contributed by atoms with Crippen LogP contribution in [0.2, 0.25) is 0 Å². The van der Waals surface area contributed by atoms with Crippen LogP contribution >= 0.6 is 0 Å². The fourth-order valence-corrected chi connectivity index (χ4v) is 3.20. The standard InChI is InChI=1S/C17H20N4O/c1-3-11(8-9-18-2)14-10-15-16-12(17(22)21-20-15)6-4-5-7-13(16)19-14/h3-4,6,8-9,13-14,19H,1,5,7,10H2,2H3,(H,21,22). The van der Waals surface area contributed by atoms with Crippen LogP contribution in [0, 0.1) is 0 Å². The molecule has 22 heavy (non-hydrogen) atoms. The zero-order chi connectivity index (χ0) is 15.5. The molecule has 3 rings (SSSR count). The molecule has 0 bridgehead atoms. The van der Waals surface area contributed by atoms with E-state index in [0.29, 0.717) is 0 Å². The third-order valence-electron chi connectivity index (χ3n) is 4.25. The van der Waals surface area contributed by atoms with E-state index in [1.165, 1.54) is 0 Å². The van der Waals surface area contributed by atoms with Gasteiger partial charge in [0.25, 0.3) is 5.56 Å². The van der Waals surface area contributed by atoms with Gasteiger partial charge in [-0.1, -0.05) is 24.8 Å². The minimum Gasteiger partial charge on any atom is -0.303 e. The van der Waals surface area contributed by atoms with Crippen molar-refractivity contribution >= 4 is 12.3 Å². The molecule has 1 aromatic heterocycles. The fraction of sp³-hybridized carbons (Fsp3) is 0.353. The molecule has 0 radical (unpaired) electrons. The normalized spacial score (nSPS) is 24.1. The maximum absolute atomic E-state index is 12.0. The highest BCUT2D eigenvalue weighted by molar-refractivity contribution is 5.73. The van der Waals surface area contributed by atoms with Crippen molar-refractivity contribution in [2.75, 3.05) is 7.05 Å². The second-order valence-electron chi connectivity index (χ2n) is 5.56. The first kappa shape index (κ1) is 14.7. The van der Waals surface area contributed by atoms with Crippen molar-refractivity contribution in [1.82, 2.24) is 15.5 Å². The van der Waals surface area contributed by atoms with E-state index < -0.39 is 0 Å². The maximum Gasteiger partial charge on any atom is 0.271 e. The number of aromatic nitrogens is 2. The van der Waals surface area contributed by atoms with Crippen LogP contribution in [0.5, 0.6) is 0 Å². The molecule has 5 nitrogen and oxygen atoms in total. The molecule has 0 amide bonds. The molecule has 0 aromatic carbocycles. The molecular weight excluding hydrogens is 276 g/mol. The molecule has 2 N–H and O–H groups in total. The average molecular weight is 296 g/mol. The molecule has 1 aliphatic heterocycles. The minimum absolute atomic E-state index is 0.111. The van der Waals surface area contributed by atoms with Crippen LogP contribution in [0.3, 0.4) is 0 Å². The molecule has 1 aliphatic carbocycles.